The van der Waals surface area contributed by atoms with Crippen molar-refractivity contribution in [3.63, 3.8) is 0 Å². The van der Waals surface area contributed by atoms with E-state index >= 15 is 0 Å². The average Bonchev–Trinajstić information content (AvgIpc) is 2.38. The lowest BCUT2D eigenvalue weighted by Crippen LogP contribution is -2.43. The molecule has 1 saturated carbocycles. The highest BCUT2D eigenvalue weighted by molar-refractivity contribution is 7.92. The predicted molar refractivity (Wildman–Crippen MR) is 85.0 cm³/mol. The molecular weight excluding hydrogens is 284 g/mol. The van der Waals surface area contributed by atoms with Crippen LogP contribution in [0.5, 0.6) is 0 Å². The van der Waals surface area contributed by atoms with E-state index in [4.69, 9.17) is 0 Å². The Kier molecular flexibility index (Phi) is 4.24. The lowest BCUT2D eigenvalue weighted by molar-refractivity contribution is -0.00286. The van der Waals surface area contributed by atoms with Crippen LogP contribution in [0, 0.1) is 12.8 Å². The number of aliphatic hydroxyl groups is 1. The third kappa shape index (κ3) is 3.16. The van der Waals surface area contributed by atoms with Crippen molar-refractivity contribution in [1.82, 2.24) is 0 Å². The fourth-order valence-corrected chi connectivity index (χ4v) is 5.04. The standard InChI is InChI=1S/C17H26O3S/c1-13-5-7-15(8-6-13)21(19,20)17(4)11-9-14(10-12-17)16(2,3)18/h5-8,14,18H,9-12H2,1-4H3. The third-order valence-corrected chi connectivity index (χ3v) is 7.62. The Labute approximate surface area is 128 Å². The highest BCUT2D eigenvalue weighted by atomic mass is 32.2. The summed E-state index contributed by atoms with van der Waals surface area (Å²) in [5, 5.41) is 10.1. The minimum Gasteiger partial charge on any atom is -0.390 e. The van der Waals surface area contributed by atoms with E-state index in [-0.39, 0.29) is 5.92 Å². The van der Waals surface area contributed by atoms with Crippen molar-refractivity contribution in [2.45, 2.75) is 68.6 Å². The Morgan fingerprint density at radius 1 is 1.14 bits per heavy atom. The summed E-state index contributed by atoms with van der Waals surface area (Å²) in [6, 6.07) is 7.10. The van der Waals surface area contributed by atoms with E-state index in [0.29, 0.717) is 17.7 Å². The van der Waals surface area contributed by atoms with Crippen LogP contribution in [0.1, 0.15) is 52.0 Å². The Bertz CT molecular complexity index is 586. The van der Waals surface area contributed by atoms with Gasteiger partial charge < -0.3 is 5.11 Å². The first-order valence-electron chi connectivity index (χ1n) is 7.60. The number of hydrogen-bond acceptors (Lipinski definition) is 3. The first-order chi connectivity index (χ1) is 9.56. The molecule has 3 nitrogen and oxygen atoms in total. The molecular formula is C17H26O3S. The number of hydrogen-bond donors (Lipinski definition) is 1. The molecule has 0 bridgehead atoms. The molecule has 1 aliphatic carbocycles. The van der Waals surface area contributed by atoms with E-state index in [2.05, 4.69) is 0 Å². The minimum atomic E-state index is -3.33. The second kappa shape index (κ2) is 5.40. The molecule has 0 radical (unpaired) electrons. The molecule has 1 N–H and O–H groups in total. The Hall–Kier alpha value is -0.870. The molecule has 0 aromatic heterocycles. The van der Waals surface area contributed by atoms with Crippen LogP contribution in [0.25, 0.3) is 0 Å². The number of aryl methyl sites for hydroxylation is 1. The number of rotatable bonds is 3. The molecule has 0 atom stereocenters. The van der Waals surface area contributed by atoms with Crippen molar-refractivity contribution >= 4 is 9.84 Å². The molecule has 1 aromatic carbocycles. The van der Waals surface area contributed by atoms with Crippen LogP contribution in [-0.4, -0.2) is 23.9 Å². The van der Waals surface area contributed by atoms with Gasteiger partial charge in [0.25, 0.3) is 0 Å². The van der Waals surface area contributed by atoms with E-state index in [1.165, 1.54) is 0 Å². The van der Waals surface area contributed by atoms with E-state index in [1.807, 2.05) is 39.8 Å². The Morgan fingerprint density at radius 2 is 1.62 bits per heavy atom. The third-order valence-electron chi connectivity index (χ3n) is 5.02. The molecule has 4 heteroatoms. The van der Waals surface area contributed by atoms with Crippen LogP contribution in [0.4, 0.5) is 0 Å². The van der Waals surface area contributed by atoms with Gasteiger partial charge in [0.2, 0.25) is 0 Å². The van der Waals surface area contributed by atoms with Gasteiger partial charge >= 0.3 is 0 Å². The molecule has 2 rings (SSSR count). The lowest BCUT2D eigenvalue weighted by atomic mass is 9.75. The topological polar surface area (TPSA) is 54.4 Å². The fraction of sp³-hybridized carbons (Fsp3) is 0.647. The van der Waals surface area contributed by atoms with Gasteiger partial charge in [-0.2, -0.15) is 0 Å². The first-order valence-corrected chi connectivity index (χ1v) is 9.08. The molecule has 1 aromatic rings. The van der Waals surface area contributed by atoms with Gasteiger partial charge in [-0.25, -0.2) is 8.42 Å². The van der Waals surface area contributed by atoms with Crippen molar-refractivity contribution in [3.05, 3.63) is 29.8 Å². The van der Waals surface area contributed by atoms with Crippen LogP contribution in [-0.2, 0) is 9.84 Å². The quantitative estimate of drug-likeness (QED) is 0.930. The summed E-state index contributed by atoms with van der Waals surface area (Å²) in [5.74, 6) is 0.179. The SMILES string of the molecule is Cc1ccc(S(=O)(=O)C2(C)CCC(C(C)(C)O)CC2)cc1. The smallest absolute Gasteiger partial charge is 0.183 e. The molecule has 21 heavy (non-hydrogen) atoms. The van der Waals surface area contributed by atoms with Crippen LogP contribution >= 0.6 is 0 Å². The second-order valence-electron chi connectivity index (χ2n) is 7.19. The van der Waals surface area contributed by atoms with Gasteiger partial charge in [0.1, 0.15) is 0 Å². The molecule has 0 heterocycles. The van der Waals surface area contributed by atoms with Crippen molar-refractivity contribution in [3.8, 4) is 0 Å². The van der Waals surface area contributed by atoms with Gasteiger partial charge in [0.15, 0.2) is 9.84 Å². The van der Waals surface area contributed by atoms with Gasteiger partial charge in [-0.15, -0.1) is 0 Å². The summed E-state index contributed by atoms with van der Waals surface area (Å²) in [7, 11) is -3.33. The van der Waals surface area contributed by atoms with E-state index < -0.39 is 20.2 Å². The summed E-state index contributed by atoms with van der Waals surface area (Å²) in [5.41, 5.74) is 0.333. The number of sulfone groups is 1. The highest BCUT2D eigenvalue weighted by Crippen LogP contribution is 2.43. The summed E-state index contributed by atoms with van der Waals surface area (Å²) in [4.78, 5) is 0.414. The molecule has 118 valence electrons. The highest BCUT2D eigenvalue weighted by Gasteiger charge is 2.45. The largest absolute Gasteiger partial charge is 0.390 e. The van der Waals surface area contributed by atoms with E-state index in [9.17, 15) is 13.5 Å². The summed E-state index contributed by atoms with van der Waals surface area (Å²) in [6.45, 7) is 7.43. The zero-order valence-corrected chi connectivity index (χ0v) is 14.2. The zero-order chi connectivity index (χ0) is 15.9. The van der Waals surface area contributed by atoms with Crippen molar-refractivity contribution < 1.29 is 13.5 Å². The van der Waals surface area contributed by atoms with Crippen LogP contribution in [0.15, 0.2) is 29.2 Å². The second-order valence-corrected chi connectivity index (χ2v) is 9.66. The average molecular weight is 310 g/mol. The summed E-state index contributed by atoms with van der Waals surface area (Å²) in [6.07, 6.45) is 2.73. The molecule has 1 aliphatic rings. The van der Waals surface area contributed by atoms with Gasteiger partial charge in [0.05, 0.1) is 15.2 Å². The van der Waals surface area contributed by atoms with Crippen molar-refractivity contribution in [1.29, 1.82) is 0 Å². The van der Waals surface area contributed by atoms with Gasteiger partial charge in [-0.05, 0) is 71.4 Å². The van der Waals surface area contributed by atoms with Crippen LogP contribution in [0.2, 0.25) is 0 Å². The molecule has 0 aliphatic heterocycles. The van der Waals surface area contributed by atoms with Crippen LogP contribution < -0.4 is 0 Å². The fourth-order valence-electron chi connectivity index (χ4n) is 3.21. The van der Waals surface area contributed by atoms with Crippen molar-refractivity contribution in [2.24, 2.45) is 5.92 Å². The van der Waals surface area contributed by atoms with E-state index in [1.54, 1.807) is 12.1 Å². The molecule has 0 amide bonds. The number of benzene rings is 1. The van der Waals surface area contributed by atoms with Crippen LogP contribution in [0.3, 0.4) is 0 Å². The molecule has 1 fully saturated rings. The van der Waals surface area contributed by atoms with Crippen molar-refractivity contribution in [2.75, 3.05) is 0 Å². The maximum atomic E-state index is 12.9. The lowest BCUT2D eigenvalue weighted by Gasteiger charge is -2.41. The summed E-state index contributed by atoms with van der Waals surface area (Å²) >= 11 is 0. The van der Waals surface area contributed by atoms with E-state index in [0.717, 1.165) is 18.4 Å². The normalized spacial score (nSPS) is 27.6. The molecule has 0 spiro atoms. The molecule has 0 saturated heterocycles. The van der Waals surface area contributed by atoms with Gasteiger partial charge in [0, 0.05) is 0 Å². The Balaban J connectivity index is 2.23. The summed E-state index contributed by atoms with van der Waals surface area (Å²) < 4.78 is 25.1. The molecule has 0 unspecified atom stereocenters. The maximum absolute atomic E-state index is 12.9. The zero-order valence-electron chi connectivity index (χ0n) is 13.4. The predicted octanol–water partition coefficient (Wildman–Crippen LogP) is 3.49. The minimum absolute atomic E-state index is 0.179. The van der Waals surface area contributed by atoms with Gasteiger partial charge in [-0.3, -0.25) is 0 Å². The van der Waals surface area contributed by atoms with Gasteiger partial charge in [-0.1, -0.05) is 17.7 Å². The first kappa shape index (κ1) is 16.5. The Morgan fingerprint density at radius 3 is 2.05 bits per heavy atom. The monoisotopic (exact) mass is 310 g/mol. The maximum Gasteiger partial charge on any atom is 0.183 e.